The molecule has 0 aliphatic carbocycles. The number of hydrogen-bond acceptors (Lipinski definition) is 4. The summed E-state index contributed by atoms with van der Waals surface area (Å²) in [6.45, 7) is 5.56. The number of rotatable bonds is 5. The van der Waals surface area contributed by atoms with Gasteiger partial charge in [0.1, 0.15) is 11.3 Å². The van der Waals surface area contributed by atoms with Crippen LogP contribution in [-0.4, -0.2) is 19.1 Å². The van der Waals surface area contributed by atoms with Gasteiger partial charge in [-0.3, -0.25) is 4.90 Å². The summed E-state index contributed by atoms with van der Waals surface area (Å²) < 4.78 is 11.7. The first-order chi connectivity index (χ1) is 12.4. The molecule has 136 valence electrons. The van der Waals surface area contributed by atoms with Crippen LogP contribution in [0, 0.1) is 13.8 Å². The number of fused-ring (bicyclic) bond motifs is 1. The lowest BCUT2D eigenvalue weighted by Crippen LogP contribution is -2.18. The molecule has 2 aromatic carbocycles. The van der Waals surface area contributed by atoms with E-state index in [9.17, 15) is 4.79 Å². The smallest absolute Gasteiger partial charge is 0.336 e. The van der Waals surface area contributed by atoms with E-state index in [0.717, 1.165) is 38.8 Å². The highest BCUT2D eigenvalue weighted by Crippen LogP contribution is 2.26. The maximum atomic E-state index is 11.9. The second-order valence-electron chi connectivity index (χ2n) is 6.67. The molecule has 0 aliphatic heterocycles. The van der Waals surface area contributed by atoms with Crippen molar-refractivity contribution >= 4 is 26.9 Å². The Morgan fingerprint density at radius 2 is 1.77 bits per heavy atom. The molecule has 4 nitrogen and oxygen atoms in total. The van der Waals surface area contributed by atoms with Crippen LogP contribution in [0.15, 0.2) is 50.1 Å². The van der Waals surface area contributed by atoms with Crippen LogP contribution in [0.4, 0.5) is 0 Å². The summed E-state index contributed by atoms with van der Waals surface area (Å²) in [6.07, 6.45) is 0. The molecular formula is C21H22BrNO3. The van der Waals surface area contributed by atoms with Gasteiger partial charge in [-0.1, -0.05) is 28.1 Å². The molecule has 0 unspecified atom stereocenters. The largest absolute Gasteiger partial charge is 0.496 e. The van der Waals surface area contributed by atoms with Crippen LogP contribution >= 0.6 is 15.9 Å². The van der Waals surface area contributed by atoms with Crippen molar-refractivity contribution in [1.29, 1.82) is 0 Å². The minimum atomic E-state index is -0.324. The topological polar surface area (TPSA) is 42.7 Å². The molecule has 0 N–H and O–H groups in total. The zero-order valence-electron chi connectivity index (χ0n) is 15.4. The Labute approximate surface area is 161 Å². The number of ether oxygens (including phenoxy) is 1. The summed E-state index contributed by atoms with van der Waals surface area (Å²) in [6, 6.07) is 11.6. The maximum Gasteiger partial charge on any atom is 0.336 e. The molecule has 3 rings (SSSR count). The second-order valence-corrected chi connectivity index (χ2v) is 7.58. The molecule has 0 radical (unpaired) electrons. The predicted octanol–water partition coefficient (Wildman–Crippen LogP) is 4.81. The van der Waals surface area contributed by atoms with Crippen LogP contribution in [0.5, 0.6) is 5.75 Å². The first-order valence-corrected chi connectivity index (χ1v) is 9.21. The quantitative estimate of drug-likeness (QED) is 0.560. The van der Waals surface area contributed by atoms with E-state index < -0.39 is 0 Å². The highest BCUT2D eigenvalue weighted by molar-refractivity contribution is 9.10. The van der Waals surface area contributed by atoms with Crippen LogP contribution in [0.1, 0.15) is 22.3 Å². The minimum absolute atomic E-state index is 0.324. The third-order valence-corrected chi connectivity index (χ3v) is 4.90. The van der Waals surface area contributed by atoms with Gasteiger partial charge >= 0.3 is 5.63 Å². The molecule has 0 atom stereocenters. The molecule has 0 bridgehead atoms. The Morgan fingerprint density at radius 1 is 1.08 bits per heavy atom. The first-order valence-electron chi connectivity index (χ1n) is 8.42. The number of benzene rings is 2. The van der Waals surface area contributed by atoms with Gasteiger partial charge in [-0.05, 0) is 61.3 Å². The molecule has 5 heteroatoms. The van der Waals surface area contributed by atoms with Crippen molar-refractivity contribution in [1.82, 2.24) is 4.90 Å². The van der Waals surface area contributed by atoms with Crippen molar-refractivity contribution in [2.45, 2.75) is 26.9 Å². The Bertz CT molecular complexity index is 987. The monoisotopic (exact) mass is 415 g/mol. The fourth-order valence-corrected chi connectivity index (χ4v) is 3.79. The van der Waals surface area contributed by atoms with Crippen LogP contribution in [-0.2, 0) is 13.1 Å². The van der Waals surface area contributed by atoms with E-state index in [0.29, 0.717) is 12.1 Å². The number of halogens is 1. The predicted molar refractivity (Wildman–Crippen MR) is 108 cm³/mol. The van der Waals surface area contributed by atoms with Gasteiger partial charge in [0.25, 0.3) is 0 Å². The molecule has 1 heterocycles. The Morgan fingerprint density at radius 3 is 2.42 bits per heavy atom. The van der Waals surface area contributed by atoms with Gasteiger partial charge in [0.2, 0.25) is 0 Å². The van der Waals surface area contributed by atoms with E-state index in [4.69, 9.17) is 9.15 Å². The molecule has 0 saturated carbocycles. The van der Waals surface area contributed by atoms with Gasteiger partial charge in [-0.2, -0.15) is 0 Å². The van der Waals surface area contributed by atoms with E-state index in [-0.39, 0.29) is 5.63 Å². The van der Waals surface area contributed by atoms with Crippen LogP contribution in [0.25, 0.3) is 11.0 Å². The average molecular weight is 416 g/mol. The van der Waals surface area contributed by atoms with Gasteiger partial charge in [0, 0.05) is 29.0 Å². The van der Waals surface area contributed by atoms with Gasteiger partial charge in [-0.25, -0.2) is 4.79 Å². The van der Waals surface area contributed by atoms with Gasteiger partial charge in [-0.15, -0.1) is 0 Å². The van der Waals surface area contributed by atoms with Crippen molar-refractivity contribution in [3.8, 4) is 5.75 Å². The maximum absolute atomic E-state index is 11.9. The molecular weight excluding hydrogens is 394 g/mol. The summed E-state index contributed by atoms with van der Waals surface area (Å²) in [4.78, 5) is 14.1. The SMILES string of the molecule is COc1c(C)cc(CN(C)Cc2cc(=O)oc3cc(Br)ccc23)cc1C. The molecule has 0 fully saturated rings. The van der Waals surface area contributed by atoms with E-state index in [1.807, 2.05) is 25.2 Å². The van der Waals surface area contributed by atoms with Crippen LogP contribution in [0.3, 0.4) is 0 Å². The standard InChI is InChI=1S/C21H22BrNO3/c1-13-7-15(8-14(2)21(13)25-4)11-23(3)12-16-9-20(24)26-19-10-17(22)5-6-18(16)19/h5-10H,11-12H2,1-4H3. The molecule has 26 heavy (non-hydrogen) atoms. The third-order valence-electron chi connectivity index (χ3n) is 4.41. The van der Waals surface area contributed by atoms with E-state index in [1.54, 1.807) is 13.2 Å². The van der Waals surface area contributed by atoms with Crippen molar-refractivity contribution in [2.24, 2.45) is 0 Å². The zero-order chi connectivity index (χ0) is 18.8. The second kappa shape index (κ2) is 7.64. The van der Waals surface area contributed by atoms with E-state index in [1.165, 1.54) is 5.56 Å². The van der Waals surface area contributed by atoms with Gasteiger partial charge in [0.15, 0.2) is 0 Å². The third kappa shape index (κ3) is 4.00. The van der Waals surface area contributed by atoms with Gasteiger partial charge in [0.05, 0.1) is 7.11 Å². The van der Waals surface area contributed by atoms with Crippen molar-refractivity contribution in [3.63, 3.8) is 0 Å². The lowest BCUT2D eigenvalue weighted by atomic mass is 10.0. The fraction of sp³-hybridized carbons (Fsp3) is 0.286. The lowest BCUT2D eigenvalue weighted by Gasteiger charge is -2.19. The molecule has 0 aliphatic rings. The summed E-state index contributed by atoms with van der Waals surface area (Å²) in [5.41, 5.74) is 4.73. The summed E-state index contributed by atoms with van der Waals surface area (Å²) >= 11 is 3.42. The number of methoxy groups -OCH3 is 1. The Balaban J connectivity index is 1.86. The first kappa shape index (κ1) is 18.7. The summed E-state index contributed by atoms with van der Waals surface area (Å²) in [7, 11) is 3.75. The molecule has 0 saturated heterocycles. The van der Waals surface area contributed by atoms with E-state index in [2.05, 4.69) is 46.8 Å². The average Bonchev–Trinajstić information content (AvgIpc) is 2.53. The van der Waals surface area contributed by atoms with Crippen molar-refractivity contribution < 1.29 is 9.15 Å². The fourth-order valence-electron chi connectivity index (χ4n) is 3.45. The number of hydrogen-bond donors (Lipinski definition) is 0. The minimum Gasteiger partial charge on any atom is -0.496 e. The lowest BCUT2D eigenvalue weighted by molar-refractivity contribution is 0.319. The van der Waals surface area contributed by atoms with Crippen molar-refractivity contribution in [2.75, 3.05) is 14.2 Å². The number of aryl methyl sites for hydroxylation is 2. The highest BCUT2D eigenvalue weighted by atomic mass is 79.9. The van der Waals surface area contributed by atoms with Crippen molar-refractivity contribution in [3.05, 3.63) is 73.5 Å². The van der Waals surface area contributed by atoms with Crippen LogP contribution < -0.4 is 10.4 Å². The van der Waals surface area contributed by atoms with Gasteiger partial charge < -0.3 is 9.15 Å². The Hall–Kier alpha value is -2.11. The summed E-state index contributed by atoms with van der Waals surface area (Å²) in [5.74, 6) is 0.939. The normalized spacial score (nSPS) is 11.3. The highest BCUT2D eigenvalue weighted by Gasteiger charge is 2.11. The molecule has 0 amide bonds. The zero-order valence-corrected chi connectivity index (χ0v) is 17.0. The summed E-state index contributed by atoms with van der Waals surface area (Å²) in [5, 5.41) is 0.960. The molecule has 3 aromatic rings. The molecule has 1 aromatic heterocycles. The van der Waals surface area contributed by atoms with E-state index >= 15 is 0 Å². The molecule has 0 spiro atoms. The van der Waals surface area contributed by atoms with Crippen LogP contribution in [0.2, 0.25) is 0 Å². The number of nitrogens with zero attached hydrogens (tertiary/aromatic N) is 1. The Kier molecular flexibility index (Phi) is 5.49.